The van der Waals surface area contributed by atoms with Gasteiger partial charge in [-0.3, -0.25) is 9.88 Å². The molecule has 5 nitrogen and oxygen atoms in total. The molecule has 1 fully saturated rings. The molecule has 3 aromatic rings. The van der Waals surface area contributed by atoms with E-state index in [0.29, 0.717) is 18.4 Å². The molecule has 26 heavy (non-hydrogen) atoms. The summed E-state index contributed by atoms with van der Waals surface area (Å²) in [5.74, 6) is 1.13. The van der Waals surface area contributed by atoms with Crippen molar-refractivity contribution in [1.82, 2.24) is 19.9 Å². The number of nitrogens with zero attached hydrogens (tertiary/aromatic N) is 4. The first-order valence-electron chi connectivity index (χ1n) is 8.98. The maximum absolute atomic E-state index is 5.79. The fourth-order valence-electron chi connectivity index (χ4n) is 3.32. The Morgan fingerprint density at radius 2 is 2.12 bits per heavy atom. The molecule has 1 saturated heterocycles. The molecule has 1 aliphatic rings. The summed E-state index contributed by atoms with van der Waals surface area (Å²) >= 11 is 1.72. The zero-order chi connectivity index (χ0) is 17.6. The molecule has 0 aliphatic carbocycles. The second-order valence-electron chi connectivity index (χ2n) is 6.61. The molecule has 0 spiro atoms. The summed E-state index contributed by atoms with van der Waals surface area (Å²) in [7, 11) is 0. The maximum Gasteiger partial charge on any atom is 0.232 e. The van der Waals surface area contributed by atoms with Crippen molar-refractivity contribution in [3.63, 3.8) is 0 Å². The lowest BCUT2D eigenvalue weighted by atomic mass is 9.99. The number of hydrogen-bond donors (Lipinski definition) is 0. The first kappa shape index (κ1) is 17.1. The predicted molar refractivity (Wildman–Crippen MR) is 103 cm³/mol. The van der Waals surface area contributed by atoms with E-state index < -0.39 is 0 Å². The van der Waals surface area contributed by atoms with Crippen LogP contribution in [0.1, 0.15) is 18.5 Å². The number of benzene rings is 1. The van der Waals surface area contributed by atoms with E-state index in [-0.39, 0.29) is 0 Å². The zero-order valence-electron chi connectivity index (χ0n) is 14.6. The van der Waals surface area contributed by atoms with Gasteiger partial charge in [-0.05, 0) is 19.4 Å². The van der Waals surface area contributed by atoms with Gasteiger partial charge in [0.05, 0.1) is 18.5 Å². The van der Waals surface area contributed by atoms with E-state index in [1.54, 1.807) is 29.9 Å². The van der Waals surface area contributed by atoms with Gasteiger partial charge in [-0.1, -0.05) is 30.3 Å². The van der Waals surface area contributed by atoms with Crippen LogP contribution >= 0.6 is 11.3 Å². The van der Waals surface area contributed by atoms with Crippen molar-refractivity contribution in [2.75, 3.05) is 19.7 Å². The van der Waals surface area contributed by atoms with E-state index in [9.17, 15) is 0 Å². The van der Waals surface area contributed by atoms with Crippen LogP contribution in [0.25, 0.3) is 10.6 Å². The summed E-state index contributed by atoms with van der Waals surface area (Å²) in [5.41, 5.74) is 2.35. The van der Waals surface area contributed by atoms with Crippen molar-refractivity contribution in [2.45, 2.75) is 19.4 Å². The minimum Gasteiger partial charge on any atom is -0.476 e. The topological polar surface area (TPSA) is 51.1 Å². The van der Waals surface area contributed by atoms with Gasteiger partial charge in [0.25, 0.3) is 0 Å². The Hall–Kier alpha value is -2.31. The van der Waals surface area contributed by atoms with Crippen LogP contribution in [0.5, 0.6) is 5.88 Å². The van der Waals surface area contributed by atoms with Crippen LogP contribution in [-0.4, -0.2) is 39.5 Å². The highest BCUT2D eigenvalue weighted by Gasteiger charge is 2.21. The number of hydrogen-bond acceptors (Lipinski definition) is 6. The summed E-state index contributed by atoms with van der Waals surface area (Å²) in [6.45, 7) is 3.77. The average Bonchev–Trinajstić information content (AvgIpc) is 3.17. The largest absolute Gasteiger partial charge is 0.476 e. The first-order valence-corrected chi connectivity index (χ1v) is 9.86. The van der Waals surface area contributed by atoms with Crippen LogP contribution in [0.2, 0.25) is 0 Å². The molecule has 134 valence electrons. The fourth-order valence-corrected chi connectivity index (χ4v) is 4.13. The van der Waals surface area contributed by atoms with Crippen molar-refractivity contribution in [3.8, 4) is 16.5 Å². The van der Waals surface area contributed by atoms with Crippen LogP contribution in [0.3, 0.4) is 0 Å². The monoisotopic (exact) mass is 366 g/mol. The Morgan fingerprint density at radius 1 is 1.19 bits per heavy atom. The highest BCUT2D eigenvalue weighted by molar-refractivity contribution is 7.13. The third-order valence-corrected chi connectivity index (χ3v) is 5.51. The molecule has 1 aromatic carbocycles. The molecule has 4 rings (SSSR count). The van der Waals surface area contributed by atoms with Crippen LogP contribution in [0.15, 0.2) is 54.3 Å². The molecule has 0 N–H and O–H groups in total. The lowest BCUT2D eigenvalue weighted by molar-refractivity contribution is 0.122. The summed E-state index contributed by atoms with van der Waals surface area (Å²) in [5, 5.41) is 3.28. The molecule has 0 bridgehead atoms. The molecular weight excluding hydrogens is 344 g/mol. The molecule has 2 aromatic heterocycles. The van der Waals surface area contributed by atoms with Gasteiger partial charge in [0, 0.05) is 42.3 Å². The predicted octanol–water partition coefficient (Wildman–Crippen LogP) is 3.89. The first-order chi connectivity index (χ1) is 12.9. The third kappa shape index (κ3) is 4.45. The van der Waals surface area contributed by atoms with E-state index in [1.165, 1.54) is 18.4 Å². The SMILES string of the molecule is c1ccc(-c2nc(CN3CCCC(COc4cnccn4)C3)cs2)cc1. The smallest absolute Gasteiger partial charge is 0.232 e. The minimum absolute atomic E-state index is 0.526. The summed E-state index contributed by atoms with van der Waals surface area (Å²) < 4.78 is 5.79. The van der Waals surface area contributed by atoms with Gasteiger partial charge in [0.1, 0.15) is 5.01 Å². The van der Waals surface area contributed by atoms with Gasteiger partial charge < -0.3 is 4.74 Å². The lowest BCUT2D eigenvalue weighted by Crippen LogP contribution is -2.37. The van der Waals surface area contributed by atoms with E-state index in [4.69, 9.17) is 9.72 Å². The number of thiazole rings is 1. The highest BCUT2D eigenvalue weighted by atomic mass is 32.1. The second-order valence-corrected chi connectivity index (χ2v) is 7.47. The number of likely N-dealkylation sites (tertiary alicyclic amines) is 1. The minimum atomic E-state index is 0.526. The highest BCUT2D eigenvalue weighted by Crippen LogP contribution is 2.25. The molecule has 3 heterocycles. The molecule has 1 atom stereocenters. The van der Waals surface area contributed by atoms with E-state index in [2.05, 4.69) is 44.5 Å². The zero-order valence-corrected chi connectivity index (χ0v) is 15.4. The Morgan fingerprint density at radius 3 is 2.96 bits per heavy atom. The van der Waals surface area contributed by atoms with Gasteiger partial charge in [0.2, 0.25) is 5.88 Å². The van der Waals surface area contributed by atoms with Gasteiger partial charge in [-0.2, -0.15) is 0 Å². The second kappa shape index (κ2) is 8.38. The van der Waals surface area contributed by atoms with Gasteiger partial charge in [0.15, 0.2) is 0 Å². The Labute approximate surface area is 157 Å². The number of aromatic nitrogens is 3. The van der Waals surface area contributed by atoms with Gasteiger partial charge in [-0.25, -0.2) is 9.97 Å². The van der Waals surface area contributed by atoms with Crippen molar-refractivity contribution < 1.29 is 4.74 Å². The quantitative estimate of drug-likeness (QED) is 0.662. The number of piperidine rings is 1. The van der Waals surface area contributed by atoms with E-state index in [1.807, 2.05) is 6.07 Å². The Bertz CT molecular complexity index is 809. The molecule has 1 aliphatic heterocycles. The Kier molecular flexibility index (Phi) is 5.52. The van der Waals surface area contributed by atoms with Gasteiger partial charge >= 0.3 is 0 Å². The standard InChI is InChI=1S/C20H22N4OS/c1-2-6-17(7-3-1)20-23-18(15-26-20)13-24-10-4-5-16(12-24)14-25-19-11-21-8-9-22-19/h1-3,6-9,11,15-16H,4-5,10,12-14H2. The number of rotatable bonds is 6. The molecular formula is C20H22N4OS. The van der Waals surface area contributed by atoms with Crippen molar-refractivity contribution in [1.29, 1.82) is 0 Å². The van der Waals surface area contributed by atoms with E-state index in [0.717, 1.165) is 30.3 Å². The van der Waals surface area contributed by atoms with Gasteiger partial charge in [-0.15, -0.1) is 11.3 Å². The number of ether oxygens (including phenoxy) is 1. The molecule has 0 saturated carbocycles. The summed E-state index contributed by atoms with van der Waals surface area (Å²) in [4.78, 5) is 15.5. The van der Waals surface area contributed by atoms with Crippen molar-refractivity contribution in [3.05, 3.63) is 60.0 Å². The molecule has 1 unspecified atom stereocenters. The maximum atomic E-state index is 5.79. The van der Waals surface area contributed by atoms with Crippen LogP contribution < -0.4 is 4.74 Å². The molecule has 0 radical (unpaired) electrons. The summed E-state index contributed by atoms with van der Waals surface area (Å²) in [6, 6.07) is 10.4. The third-order valence-electron chi connectivity index (χ3n) is 4.57. The Balaban J connectivity index is 1.32. The van der Waals surface area contributed by atoms with E-state index >= 15 is 0 Å². The van der Waals surface area contributed by atoms with Crippen LogP contribution in [-0.2, 0) is 6.54 Å². The van der Waals surface area contributed by atoms with Crippen molar-refractivity contribution in [2.24, 2.45) is 5.92 Å². The van der Waals surface area contributed by atoms with Crippen molar-refractivity contribution >= 4 is 11.3 Å². The van der Waals surface area contributed by atoms with Crippen LogP contribution in [0, 0.1) is 5.92 Å². The van der Waals surface area contributed by atoms with Crippen LogP contribution in [0.4, 0.5) is 0 Å². The fraction of sp³-hybridized carbons (Fsp3) is 0.350. The normalized spacial score (nSPS) is 17.9. The lowest BCUT2D eigenvalue weighted by Gasteiger charge is -2.31. The average molecular weight is 366 g/mol. The summed E-state index contributed by atoms with van der Waals surface area (Å²) in [6.07, 6.45) is 7.38. The molecule has 0 amide bonds. The molecule has 6 heteroatoms.